The van der Waals surface area contributed by atoms with Crippen molar-refractivity contribution in [2.24, 2.45) is 11.8 Å². The van der Waals surface area contributed by atoms with Crippen LogP contribution in [0.3, 0.4) is 0 Å². The smallest absolute Gasteiger partial charge is 0.407 e. The molecule has 3 aliphatic heterocycles. The molecule has 2 aromatic heterocycles. The Morgan fingerprint density at radius 3 is 1.71 bits per heavy atom. The maximum Gasteiger partial charge on any atom is 0.407 e. The predicted octanol–water partition coefficient (Wildman–Crippen LogP) is 7.81. The SMILES string of the molecule is COC(=O)N[C@H](C(=O)N1CCC[C@H]1c1ncc(-c2cccc(C3(c4cccc(-c5cnc([C@@H]6CCCN6C(=O)[C@@H](NC(O)OC)C(C)C)[nH]5)c4)CN(c4ccc(C(C)(C)C)cc4)C3)c2)[nH]1)C(C)C. The van der Waals surface area contributed by atoms with Crippen LogP contribution < -0.4 is 15.5 Å². The van der Waals surface area contributed by atoms with E-state index in [2.05, 4.69) is 119 Å². The second kappa shape index (κ2) is 19.9. The molecular formula is C53H69N9O6. The number of aliphatic hydroxyl groups is 1. The van der Waals surface area contributed by atoms with Crippen LogP contribution in [0.1, 0.15) is 115 Å². The van der Waals surface area contributed by atoms with Crippen LogP contribution >= 0.6 is 0 Å². The molecule has 0 aliphatic carbocycles. The van der Waals surface area contributed by atoms with Crippen molar-refractivity contribution in [3.8, 4) is 22.5 Å². The number of benzene rings is 3. The molecule has 68 heavy (non-hydrogen) atoms. The fraction of sp³-hybridized carbons (Fsp3) is 0.491. The first-order valence-corrected chi connectivity index (χ1v) is 24.1. The van der Waals surface area contributed by atoms with Gasteiger partial charge in [0.05, 0.1) is 54.4 Å². The average Bonchev–Trinajstić information content (AvgIpc) is 4.16. The van der Waals surface area contributed by atoms with Crippen LogP contribution in [-0.4, -0.2) is 112 Å². The first-order valence-electron chi connectivity index (χ1n) is 24.1. The highest BCUT2D eigenvalue weighted by Gasteiger charge is 2.47. The lowest BCUT2D eigenvalue weighted by Gasteiger charge is -2.52. The summed E-state index contributed by atoms with van der Waals surface area (Å²) in [6.45, 7) is 17.1. The van der Waals surface area contributed by atoms with Gasteiger partial charge in [-0.05, 0) is 95.0 Å². The number of imidazole rings is 2. The summed E-state index contributed by atoms with van der Waals surface area (Å²) in [5.41, 5.74) is 8.24. The van der Waals surface area contributed by atoms with Crippen LogP contribution in [0.4, 0.5) is 10.5 Å². The molecule has 0 saturated carbocycles. The molecule has 15 nitrogen and oxygen atoms in total. The highest BCUT2D eigenvalue weighted by Crippen LogP contribution is 2.45. The number of amides is 3. The van der Waals surface area contributed by atoms with Gasteiger partial charge in [0.15, 0.2) is 0 Å². The first kappa shape index (κ1) is 48.4. The van der Waals surface area contributed by atoms with Gasteiger partial charge < -0.3 is 44.6 Å². The van der Waals surface area contributed by atoms with Gasteiger partial charge in [-0.15, -0.1) is 0 Å². The van der Waals surface area contributed by atoms with Crippen LogP contribution in [0.5, 0.6) is 0 Å². The van der Waals surface area contributed by atoms with E-state index in [1.807, 2.05) is 49.9 Å². The molecular weight excluding hydrogens is 859 g/mol. The number of carbonyl (C=O) groups is 3. The Morgan fingerprint density at radius 2 is 1.25 bits per heavy atom. The van der Waals surface area contributed by atoms with Gasteiger partial charge in [0, 0.05) is 39.0 Å². The highest BCUT2D eigenvalue weighted by atomic mass is 16.6. The second-order valence-electron chi connectivity index (χ2n) is 20.5. The fourth-order valence-corrected chi connectivity index (χ4v) is 10.2. The molecule has 15 heteroatoms. The Labute approximate surface area is 400 Å². The molecule has 5 aromatic rings. The third kappa shape index (κ3) is 9.79. The third-order valence-corrected chi connectivity index (χ3v) is 14.2. The van der Waals surface area contributed by atoms with E-state index in [1.54, 1.807) is 0 Å². The van der Waals surface area contributed by atoms with Gasteiger partial charge >= 0.3 is 6.09 Å². The number of H-pyrrole nitrogens is 2. The van der Waals surface area contributed by atoms with Gasteiger partial charge in [-0.2, -0.15) is 0 Å². The lowest BCUT2D eigenvalue weighted by atomic mass is 9.67. The fourth-order valence-electron chi connectivity index (χ4n) is 10.2. The van der Waals surface area contributed by atoms with Gasteiger partial charge in [-0.3, -0.25) is 14.9 Å². The number of carbonyl (C=O) groups excluding carboxylic acids is 3. The normalized spacial score (nSPS) is 19.6. The molecule has 3 amide bonds. The average molecular weight is 928 g/mol. The molecule has 8 rings (SSSR count). The number of aromatic amines is 2. The number of nitrogens with one attached hydrogen (secondary N) is 4. The number of likely N-dealkylation sites (tertiary alicyclic amines) is 2. The van der Waals surface area contributed by atoms with Crippen molar-refractivity contribution in [2.75, 3.05) is 45.3 Å². The van der Waals surface area contributed by atoms with Crippen molar-refractivity contribution in [2.45, 2.75) is 116 Å². The summed E-state index contributed by atoms with van der Waals surface area (Å²) in [6.07, 6.45) is 5.08. The number of methoxy groups -OCH3 is 2. The number of ether oxygens (including phenoxy) is 2. The Hall–Kier alpha value is -6.03. The lowest BCUT2D eigenvalue weighted by molar-refractivity contribution is -0.145. The van der Waals surface area contributed by atoms with E-state index in [0.29, 0.717) is 13.1 Å². The van der Waals surface area contributed by atoms with Gasteiger partial charge in [-0.25, -0.2) is 14.8 Å². The summed E-state index contributed by atoms with van der Waals surface area (Å²) in [6, 6.07) is 24.5. The molecule has 5 N–H and O–H groups in total. The van der Waals surface area contributed by atoms with Crippen molar-refractivity contribution in [3.63, 3.8) is 0 Å². The number of nitrogens with zero attached hydrogens (tertiary/aromatic N) is 5. The van der Waals surface area contributed by atoms with E-state index in [0.717, 1.165) is 72.9 Å². The van der Waals surface area contributed by atoms with E-state index >= 15 is 0 Å². The van der Waals surface area contributed by atoms with Crippen LogP contribution in [0.15, 0.2) is 85.2 Å². The van der Waals surface area contributed by atoms with E-state index in [1.165, 1.54) is 36.6 Å². The maximum absolute atomic E-state index is 13.9. The number of hydrogen-bond donors (Lipinski definition) is 5. The zero-order chi connectivity index (χ0) is 48.5. The number of anilines is 1. The lowest BCUT2D eigenvalue weighted by Crippen LogP contribution is -2.60. The van der Waals surface area contributed by atoms with E-state index in [9.17, 15) is 19.5 Å². The Morgan fingerprint density at radius 1 is 0.750 bits per heavy atom. The van der Waals surface area contributed by atoms with Crippen molar-refractivity contribution in [1.29, 1.82) is 0 Å². The van der Waals surface area contributed by atoms with E-state index < -0.39 is 24.6 Å². The minimum Gasteiger partial charge on any atom is -0.453 e. The van der Waals surface area contributed by atoms with Crippen molar-refractivity contribution < 1.29 is 29.0 Å². The number of alkyl carbamates (subject to hydrolysis) is 1. The molecule has 1 unspecified atom stereocenters. The summed E-state index contributed by atoms with van der Waals surface area (Å²) in [5.74, 6) is 1.03. The first-order chi connectivity index (χ1) is 32.5. The van der Waals surface area contributed by atoms with Crippen molar-refractivity contribution in [3.05, 3.63) is 114 Å². The zero-order valence-electron chi connectivity index (χ0n) is 41.0. The summed E-state index contributed by atoms with van der Waals surface area (Å²) in [5, 5.41) is 15.9. The summed E-state index contributed by atoms with van der Waals surface area (Å²) >= 11 is 0. The Balaban J connectivity index is 1.09. The van der Waals surface area contributed by atoms with E-state index in [4.69, 9.17) is 19.4 Å². The minimum absolute atomic E-state index is 0.0495. The van der Waals surface area contributed by atoms with Gasteiger partial charge in [0.2, 0.25) is 18.2 Å². The van der Waals surface area contributed by atoms with Crippen LogP contribution in [-0.2, 0) is 29.9 Å². The molecule has 3 saturated heterocycles. The number of aromatic nitrogens is 4. The number of aliphatic hydroxyl groups excluding tert-OH is 1. The molecule has 3 aliphatic rings. The maximum atomic E-state index is 13.9. The predicted molar refractivity (Wildman–Crippen MR) is 263 cm³/mol. The standard InChI is InChI=1S/C53H69N9O6/c1-32(2)44(58-50(65)67-8)48(63)61-24-12-18-42(61)46-54-28-40(56-46)34-14-10-16-37(26-34)53(30-60(31-53)39-22-20-36(21-23-39)52(5,6)7)38-17-11-15-35(27-38)41-29-55-47(57-41)43-19-13-25-62(43)49(64)45(33(3)4)59-51(66)68-9/h10-11,14-17,20-23,26-29,32-33,42-45,50,58,65H,12-13,18-19,24-25,30-31H2,1-9H3,(H,54,56)(H,55,57)(H,59,66)/t42-,43-,44-,45-,50?/m0/s1. The second-order valence-corrected chi connectivity index (χ2v) is 20.5. The Bertz CT molecular complexity index is 2560. The van der Waals surface area contributed by atoms with Crippen molar-refractivity contribution >= 4 is 23.6 Å². The molecule has 362 valence electrons. The van der Waals surface area contributed by atoms with Gasteiger partial charge in [0.1, 0.15) is 17.7 Å². The minimum atomic E-state index is -1.25. The monoisotopic (exact) mass is 928 g/mol. The molecule has 0 bridgehead atoms. The number of rotatable bonds is 15. The topological polar surface area (TPSA) is 181 Å². The van der Waals surface area contributed by atoms with Crippen molar-refractivity contribution in [1.82, 2.24) is 40.4 Å². The Kier molecular flexibility index (Phi) is 14.2. The van der Waals surface area contributed by atoms with Gasteiger partial charge in [0.25, 0.3) is 0 Å². The van der Waals surface area contributed by atoms with Crippen LogP contribution in [0.2, 0.25) is 0 Å². The molecule has 0 spiro atoms. The highest BCUT2D eigenvalue weighted by molar-refractivity contribution is 5.86. The number of hydrogen-bond acceptors (Lipinski definition) is 10. The van der Waals surface area contributed by atoms with Crippen LogP contribution in [0.25, 0.3) is 22.5 Å². The molecule has 3 fully saturated rings. The summed E-state index contributed by atoms with van der Waals surface area (Å²) in [4.78, 5) is 63.0. The largest absolute Gasteiger partial charge is 0.453 e. The summed E-state index contributed by atoms with van der Waals surface area (Å²) < 4.78 is 9.86. The molecule has 5 heterocycles. The molecule has 3 aromatic carbocycles. The van der Waals surface area contributed by atoms with E-state index in [-0.39, 0.29) is 46.6 Å². The van der Waals surface area contributed by atoms with Crippen LogP contribution in [0, 0.1) is 11.8 Å². The third-order valence-electron chi connectivity index (χ3n) is 14.2. The van der Waals surface area contributed by atoms with Gasteiger partial charge in [-0.1, -0.05) is 97.0 Å². The summed E-state index contributed by atoms with van der Waals surface area (Å²) in [7, 11) is 2.70. The zero-order valence-corrected chi connectivity index (χ0v) is 41.0. The molecule has 0 radical (unpaired) electrons. The quantitative estimate of drug-likeness (QED) is 0.0650. The molecule has 5 atom stereocenters.